The van der Waals surface area contributed by atoms with Gasteiger partial charge in [-0.05, 0) is 60.7 Å². The van der Waals surface area contributed by atoms with Crippen molar-refractivity contribution in [3.05, 3.63) is 78.0 Å². The number of amides is 1. The Morgan fingerprint density at radius 3 is 2.78 bits per heavy atom. The molecule has 2 heterocycles. The lowest BCUT2D eigenvalue weighted by Crippen LogP contribution is -2.37. The highest BCUT2D eigenvalue weighted by Gasteiger charge is 2.23. The van der Waals surface area contributed by atoms with Gasteiger partial charge in [-0.2, -0.15) is 0 Å². The van der Waals surface area contributed by atoms with Crippen LogP contribution in [-0.2, 0) is 17.9 Å². The monoisotopic (exact) mass is 489 g/mol. The molecular formula is C29H35N3O4. The van der Waals surface area contributed by atoms with Gasteiger partial charge in [0.15, 0.2) is 11.5 Å². The number of methoxy groups -OCH3 is 1. The maximum atomic E-state index is 12.9. The summed E-state index contributed by atoms with van der Waals surface area (Å²) in [6.45, 7) is 7.05. The number of fused-ring (bicyclic) bond motifs is 2. The van der Waals surface area contributed by atoms with Crippen LogP contribution in [-0.4, -0.2) is 42.6 Å². The van der Waals surface area contributed by atoms with Crippen molar-refractivity contribution in [1.29, 1.82) is 0 Å². The fourth-order valence-electron chi connectivity index (χ4n) is 4.22. The summed E-state index contributed by atoms with van der Waals surface area (Å²) >= 11 is 0. The van der Waals surface area contributed by atoms with Crippen molar-refractivity contribution in [2.75, 3.05) is 26.8 Å². The highest BCUT2D eigenvalue weighted by atomic mass is 16.5. The zero-order chi connectivity index (χ0) is 25.4. The third-order valence-electron chi connectivity index (χ3n) is 6.24. The average molecular weight is 490 g/mol. The number of ether oxygens (including phenoxy) is 3. The maximum absolute atomic E-state index is 12.9. The van der Waals surface area contributed by atoms with E-state index in [1.807, 2.05) is 60.7 Å². The fourth-order valence-corrected chi connectivity index (χ4v) is 4.22. The minimum atomic E-state index is -0.0264. The molecule has 1 aliphatic heterocycles. The molecule has 190 valence electrons. The van der Waals surface area contributed by atoms with Gasteiger partial charge in [-0.25, -0.2) is 4.98 Å². The molecule has 7 nitrogen and oxygen atoms in total. The van der Waals surface area contributed by atoms with E-state index in [9.17, 15) is 4.79 Å². The van der Waals surface area contributed by atoms with E-state index in [2.05, 4.69) is 29.0 Å². The Hall–Kier alpha value is -3.58. The zero-order valence-electron chi connectivity index (χ0n) is 21.3. The van der Waals surface area contributed by atoms with Crippen molar-refractivity contribution in [2.45, 2.75) is 39.8 Å². The minimum absolute atomic E-state index is 0.0213. The molecule has 7 heteroatoms. The number of hydrogen-bond acceptors (Lipinski definition) is 6. The Labute approximate surface area is 213 Å². The van der Waals surface area contributed by atoms with Crippen LogP contribution in [0.15, 0.2) is 66.9 Å². The summed E-state index contributed by atoms with van der Waals surface area (Å²) in [7, 11) is 1.64. The Morgan fingerprint density at radius 1 is 1.11 bits per heavy atom. The normalized spacial score (nSPS) is 16.0. The molecule has 0 fully saturated rings. The number of pyridine rings is 1. The van der Waals surface area contributed by atoms with Crippen LogP contribution in [0.4, 0.5) is 0 Å². The van der Waals surface area contributed by atoms with E-state index in [1.165, 1.54) is 0 Å². The van der Waals surface area contributed by atoms with Gasteiger partial charge in [0.25, 0.3) is 0 Å². The number of nitrogens with zero attached hydrogens (tertiary/aromatic N) is 2. The van der Waals surface area contributed by atoms with Gasteiger partial charge in [0.1, 0.15) is 5.75 Å². The third kappa shape index (κ3) is 7.21. The molecule has 4 rings (SSSR count). The van der Waals surface area contributed by atoms with Crippen LogP contribution >= 0.6 is 0 Å². The molecule has 36 heavy (non-hydrogen) atoms. The van der Waals surface area contributed by atoms with Gasteiger partial charge in [-0.15, -0.1) is 0 Å². The summed E-state index contributed by atoms with van der Waals surface area (Å²) < 4.78 is 17.7. The van der Waals surface area contributed by atoms with E-state index < -0.39 is 0 Å². The van der Waals surface area contributed by atoms with E-state index in [4.69, 9.17) is 14.2 Å². The summed E-state index contributed by atoms with van der Waals surface area (Å²) in [6.07, 6.45) is 3.63. The molecule has 0 bridgehead atoms. The van der Waals surface area contributed by atoms with Crippen molar-refractivity contribution in [3.8, 4) is 23.1 Å². The predicted molar refractivity (Wildman–Crippen MR) is 139 cm³/mol. The van der Waals surface area contributed by atoms with Crippen molar-refractivity contribution < 1.29 is 19.0 Å². The SMILES string of the molecule is COc1cccc(CNC(=O)CN2CCCC(C)(C)COc3ccccc3Oc3ncccc3C2)c1. The number of carbonyl (C=O) groups is 1. The molecule has 1 aliphatic rings. The highest BCUT2D eigenvalue weighted by Crippen LogP contribution is 2.34. The lowest BCUT2D eigenvalue weighted by Gasteiger charge is -2.27. The summed E-state index contributed by atoms with van der Waals surface area (Å²) in [6, 6.07) is 19.3. The zero-order valence-corrected chi connectivity index (χ0v) is 21.3. The Morgan fingerprint density at radius 2 is 1.94 bits per heavy atom. The standard InChI is InChI=1S/C29H35N3O4/c1-29(2)14-8-16-32(20-27(33)31-18-22-9-6-11-24(17-22)34-3)19-23-10-7-15-30-28(23)36-26-13-5-4-12-25(26)35-21-29/h4-7,9-13,15,17H,8,14,16,18-21H2,1-3H3,(H,31,33). The molecule has 1 aromatic heterocycles. The second-order valence-electron chi connectivity index (χ2n) is 9.91. The number of carbonyl (C=O) groups excluding carboxylic acids is 1. The summed E-state index contributed by atoms with van der Waals surface area (Å²) in [5.74, 6) is 2.61. The summed E-state index contributed by atoms with van der Waals surface area (Å²) in [5, 5.41) is 3.04. The molecule has 0 saturated heterocycles. The second kappa shape index (κ2) is 11.9. The van der Waals surface area contributed by atoms with Crippen molar-refractivity contribution in [3.63, 3.8) is 0 Å². The molecule has 0 unspecified atom stereocenters. The van der Waals surface area contributed by atoms with Crippen molar-refractivity contribution >= 4 is 5.91 Å². The number of benzene rings is 2. The topological polar surface area (TPSA) is 72.9 Å². The van der Waals surface area contributed by atoms with Crippen LogP contribution in [0.2, 0.25) is 0 Å². The van der Waals surface area contributed by atoms with E-state index in [0.717, 1.165) is 36.3 Å². The van der Waals surface area contributed by atoms with Gasteiger partial charge in [-0.1, -0.05) is 44.2 Å². The van der Waals surface area contributed by atoms with E-state index in [1.54, 1.807) is 13.3 Å². The van der Waals surface area contributed by atoms with Gasteiger partial charge < -0.3 is 19.5 Å². The van der Waals surface area contributed by atoms with E-state index >= 15 is 0 Å². The first-order chi connectivity index (χ1) is 17.4. The van der Waals surface area contributed by atoms with E-state index in [0.29, 0.717) is 37.1 Å². The van der Waals surface area contributed by atoms with Gasteiger partial charge >= 0.3 is 0 Å². The van der Waals surface area contributed by atoms with Crippen LogP contribution in [0.5, 0.6) is 23.1 Å². The molecule has 0 radical (unpaired) electrons. The van der Waals surface area contributed by atoms with Gasteiger partial charge in [0, 0.05) is 24.8 Å². The average Bonchev–Trinajstić information content (AvgIpc) is 2.88. The van der Waals surface area contributed by atoms with Gasteiger partial charge in [0.2, 0.25) is 11.8 Å². The van der Waals surface area contributed by atoms with Crippen LogP contribution in [0.1, 0.15) is 37.8 Å². The lowest BCUT2D eigenvalue weighted by molar-refractivity contribution is -0.122. The molecule has 1 amide bonds. The second-order valence-corrected chi connectivity index (χ2v) is 9.91. The molecule has 3 aromatic rings. The molecule has 0 atom stereocenters. The number of hydrogen-bond donors (Lipinski definition) is 1. The molecular weight excluding hydrogens is 454 g/mol. The smallest absolute Gasteiger partial charge is 0.234 e. The first-order valence-electron chi connectivity index (χ1n) is 12.4. The Balaban J connectivity index is 1.50. The molecule has 2 aromatic carbocycles. The number of rotatable bonds is 5. The number of aromatic nitrogens is 1. The minimum Gasteiger partial charge on any atom is -0.497 e. The maximum Gasteiger partial charge on any atom is 0.234 e. The fraction of sp³-hybridized carbons (Fsp3) is 0.379. The van der Waals surface area contributed by atoms with Gasteiger partial charge in [-0.3, -0.25) is 9.69 Å². The number of nitrogens with one attached hydrogen (secondary N) is 1. The lowest BCUT2D eigenvalue weighted by atomic mass is 9.88. The quantitative estimate of drug-likeness (QED) is 0.531. The summed E-state index contributed by atoms with van der Waals surface area (Å²) in [4.78, 5) is 19.6. The largest absolute Gasteiger partial charge is 0.497 e. The summed E-state index contributed by atoms with van der Waals surface area (Å²) in [5.41, 5.74) is 1.90. The Kier molecular flexibility index (Phi) is 8.44. The number of para-hydroxylation sites is 2. The van der Waals surface area contributed by atoms with Crippen molar-refractivity contribution in [2.24, 2.45) is 5.41 Å². The van der Waals surface area contributed by atoms with Crippen LogP contribution < -0.4 is 19.5 Å². The highest BCUT2D eigenvalue weighted by molar-refractivity contribution is 5.78. The van der Waals surface area contributed by atoms with Crippen LogP contribution in [0.25, 0.3) is 0 Å². The van der Waals surface area contributed by atoms with Gasteiger partial charge in [0.05, 0.1) is 20.3 Å². The van der Waals surface area contributed by atoms with E-state index in [-0.39, 0.29) is 17.9 Å². The first-order valence-corrected chi connectivity index (χ1v) is 12.4. The van der Waals surface area contributed by atoms with Crippen LogP contribution in [0, 0.1) is 5.41 Å². The molecule has 0 saturated carbocycles. The predicted octanol–water partition coefficient (Wildman–Crippen LogP) is 5.20. The molecule has 1 N–H and O–H groups in total. The third-order valence-corrected chi connectivity index (χ3v) is 6.24. The Bertz CT molecular complexity index is 1160. The molecule has 0 spiro atoms. The molecule has 0 aliphatic carbocycles. The first kappa shape index (κ1) is 25.5. The van der Waals surface area contributed by atoms with Crippen molar-refractivity contribution in [1.82, 2.24) is 15.2 Å². The van der Waals surface area contributed by atoms with Crippen LogP contribution in [0.3, 0.4) is 0 Å².